The van der Waals surface area contributed by atoms with Gasteiger partial charge >= 0.3 is 0 Å². The maximum Gasteiger partial charge on any atom is 0.243 e. The summed E-state index contributed by atoms with van der Waals surface area (Å²) in [5.74, 6) is -2.05. The minimum Gasteiger partial charge on any atom is -0.369 e. The molecule has 0 amide bonds. The van der Waals surface area contributed by atoms with Gasteiger partial charge in [-0.2, -0.15) is 9.40 Å². The fourth-order valence-corrected chi connectivity index (χ4v) is 6.82. The predicted octanol–water partition coefficient (Wildman–Crippen LogP) is 3.35. The first kappa shape index (κ1) is 26.5. The first-order valence-electron chi connectivity index (χ1n) is 12.5. The molecule has 2 aromatic carbocycles. The van der Waals surface area contributed by atoms with Gasteiger partial charge in [0.15, 0.2) is 5.78 Å². The fourth-order valence-electron chi connectivity index (χ4n) is 5.21. The lowest BCUT2D eigenvalue weighted by Gasteiger charge is -2.36. The van der Waals surface area contributed by atoms with Crippen molar-refractivity contribution in [2.24, 2.45) is 0 Å². The Balaban J connectivity index is 1.36. The zero-order chi connectivity index (χ0) is 27.2. The number of piperazine rings is 1. The van der Waals surface area contributed by atoms with Crippen molar-refractivity contribution in [1.82, 2.24) is 19.4 Å². The van der Waals surface area contributed by atoms with E-state index in [-0.39, 0.29) is 25.3 Å². The van der Waals surface area contributed by atoms with Gasteiger partial charge in [-0.15, -0.1) is 0 Å². The average Bonchev–Trinajstić information content (AvgIpc) is 3.27. The number of H-pyrrole nitrogens is 1. The van der Waals surface area contributed by atoms with Crippen molar-refractivity contribution >= 4 is 21.5 Å². The number of ketones is 1. The zero-order valence-electron chi connectivity index (χ0n) is 21.7. The topological polar surface area (TPSA) is 89.6 Å². The highest BCUT2D eigenvalue weighted by molar-refractivity contribution is 7.89. The normalized spacial score (nSPS) is 18.4. The Morgan fingerprint density at radius 2 is 1.66 bits per heavy atom. The van der Waals surface area contributed by atoms with Gasteiger partial charge in [0.1, 0.15) is 11.6 Å². The Morgan fingerprint density at radius 1 is 1.03 bits per heavy atom. The van der Waals surface area contributed by atoms with Crippen LogP contribution in [-0.4, -0.2) is 73.4 Å². The van der Waals surface area contributed by atoms with Gasteiger partial charge in [0.2, 0.25) is 10.0 Å². The number of aromatic amines is 1. The highest BCUT2D eigenvalue weighted by Gasteiger charge is 2.41. The van der Waals surface area contributed by atoms with Crippen molar-refractivity contribution < 1.29 is 22.0 Å². The molecule has 11 heteroatoms. The van der Waals surface area contributed by atoms with E-state index < -0.39 is 32.0 Å². The van der Waals surface area contributed by atoms with Crippen LogP contribution in [0.3, 0.4) is 0 Å². The first-order valence-corrected chi connectivity index (χ1v) is 14.0. The molecule has 3 aromatic rings. The third-order valence-corrected chi connectivity index (χ3v) is 9.14. The number of hydrogen-bond donors (Lipinski definition) is 1. The zero-order valence-corrected chi connectivity index (χ0v) is 22.5. The Kier molecular flexibility index (Phi) is 6.87. The number of likely N-dealkylation sites (N-methyl/N-ethyl adjacent to an activating group) is 1. The molecule has 0 radical (unpaired) electrons. The van der Waals surface area contributed by atoms with E-state index in [0.29, 0.717) is 28.6 Å². The number of Topliss-reactive ketones (excluding diaryl/α,β-unsaturated/α-hetero) is 1. The molecule has 5 rings (SSSR count). The minimum atomic E-state index is -4.20. The Hall–Kier alpha value is -3.15. The molecule has 1 fully saturated rings. The summed E-state index contributed by atoms with van der Waals surface area (Å²) in [6, 6.07) is 9.80. The van der Waals surface area contributed by atoms with E-state index in [1.165, 1.54) is 4.31 Å². The Labute approximate surface area is 221 Å². The molecule has 0 aliphatic carbocycles. The van der Waals surface area contributed by atoms with Crippen molar-refractivity contribution in [1.29, 1.82) is 0 Å². The quantitative estimate of drug-likeness (QED) is 0.480. The van der Waals surface area contributed by atoms with Crippen LogP contribution in [0, 0.1) is 11.6 Å². The molecule has 0 saturated carbocycles. The molecule has 1 aromatic heterocycles. The van der Waals surface area contributed by atoms with E-state index in [4.69, 9.17) is 0 Å². The molecule has 2 aliphatic rings. The van der Waals surface area contributed by atoms with Gasteiger partial charge in [-0.1, -0.05) is 13.8 Å². The second-order valence-electron chi connectivity index (χ2n) is 10.7. The first-order chi connectivity index (χ1) is 17.9. The summed E-state index contributed by atoms with van der Waals surface area (Å²) in [6.07, 6.45) is 0.0226. The molecule has 1 saturated heterocycles. The highest BCUT2D eigenvalue weighted by Crippen LogP contribution is 2.36. The summed E-state index contributed by atoms with van der Waals surface area (Å²) in [5, 5.41) is 7.37. The average molecular weight is 544 g/mol. The molecule has 0 unspecified atom stereocenters. The maximum absolute atomic E-state index is 13.8. The molecule has 38 heavy (non-hydrogen) atoms. The number of nitrogens with zero attached hydrogens (tertiary/aromatic N) is 4. The Morgan fingerprint density at radius 3 is 2.29 bits per heavy atom. The van der Waals surface area contributed by atoms with Crippen molar-refractivity contribution in [3.05, 3.63) is 76.6 Å². The number of benzene rings is 2. The summed E-state index contributed by atoms with van der Waals surface area (Å²) >= 11 is 0. The van der Waals surface area contributed by atoms with Crippen molar-refractivity contribution in [2.45, 2.75) is 37.1 Å². The van der Waals surface area contributed by atoms with Gasteiger partial charge in [-0.05, 0) is 43.4 Å². The lowest BCUT2D eigenvalue weighted by Crippen LogP contribution is -2.45. The molecule has 202 valence electrons. The second kappa shape index (κ2) is 9.87. The number of halogens is 2. The third kappa shape index (κ3) is 5.10. The van der Waals surface area contributed by atoms with E-state index in [1.54, 1.807) is 0 Å². The summed E-state index contributed by atoms with van der Waals surface area (Å²) in [7, 11) is -2.09. The number of sulfonamides is 1. The molecule has 0 bridgehead atoms. The van der Waals surface area contributed by atoms with Crippen molar-refractivity contribution in [2.75, 3.05) is 44.7 Å². The molecule has 1 N–H and O–H groups in total. The third-order valence-electron chi connectivity index (χ3n) is 7.37. The molecule has 0 atom stereocenters. The number of carbonyl (C=O) groups is 1. The van der Waals surface area contributed by atoms with Gasteiger partial charge in [0, 0.05) is 73.3 Å². The molecular formula is C27H31F2N5O3S. The van der Waals surface area contributed by atoms with Crippen molar-refractivity contribution in [3.8, 4) is 0 Å². The van der Waals surface area contributed by atoms with E-state index in [2.05, 4.69) is 27.0 Å². The number of carbonyl (C=O) groups excluding carboxylic acids is 1. The number of aromatic nitrogens is 2. The van der Waals surface area contributed by atoms with Crippen molar-refractivity contribution in [3.63, 3.8) is 0 Å². The van der Waals surface area contributed by atoms with Crippen LogP contribution in [0.15, 0.2) is 47.4 Å². The largest absolute Gasteiger partial charge is 0.369 e. The van der Waals surface area contributed by atoms with Gasteiger partial charge in [0.25, 0.3) is 0 Å². The van der Waals surface area contributed by atoms with Crippen LogP contribution in [0.2, 0.25) is 0 Å². The number of fused-ring (bicyclic) bond motifs is 1. The van der Waals surface area contributed by atoms with Crippen LogP contribution < -0.4 is 4.90 Å². The van der Waals surface area contributed by atoms with Gasteiger partial charge < -0.3 is 9.80 Å². The molecule has 2 aliphatic heterocycles. The van der Waals surface area contributed by atoms with E-state index >= 15 is 0 Å². The van der Waals surface area contributed by atoms with E-state index in [9.17, 15) is 22.0 Å². The molecule has 3 heterocycles. The standard InChI is InChI=1S/C27H31F2N5O3S/c1-27(2)17-34(38(36,37)22-13-19(28)12-20(29)14-22)16-23-24(30-31-26(23)27)15-25(35)18-4-6-21(7-5-18)33-10-8-32(3)9-11-33/h4-7,12-14H,8-11,15-17H2,1-3H3,(H,30,31). The number of rotatable bonds is 6. The smallest absolute Gasteiger partial charge is 0.243 e. The van der Waals surface area contributed by atoms with Crippen LogP contribution in [0.1, 0.15) is 41.2 Å². The number of anilines is 1. The molecule has 8 nitrogen and oxygen atoms in total. The predicted molar refractivity (Wildman–Crippen MR) is 140 cm³/mol. The maximum atomic E-state index is 13.8. The van der Waals surface area contributed by atoms with E-state index in [1.807, 2.05) is 38.1 Å². The lowest BCUT2D eigenvalue weighted by atomic mass is 9.83. The summed E-state index contributed by atoms with van der Waals surface area (Å²) in [6.45, 7) is 7.56. The second-order valence-corrected chi connectivity index (χ2v) is 12.7. The summed E-state index contributed by atoms with van der Waals surface area (Å²) in [5.41, 5.74) is 2.78. The minimum absolute atomic E-state index is 0.0226. The number of nitrogens with one attached hydrogen (secondary N) is 1. The molecular weight excluding hydrogens is 512 g/mol. The van der Waals surface area contributed by atoms with Crippen LogP contribution in [-0.2, 0) is 28.4 Å². The van der Waals surface area contributed by atoms with Gasteiger partial charge in [0.05, 0.1) is 17.0 Å². The summed E-state index contributed by atoms with van der Waals surface area (Å²) in [4.78, 5) is 17.3. The van der Waals surface area contributed by atoms with Crippen LogP contribution >= 0.6 is 0 Å². The number of hydrogen-bond acceptors (Lipinski definition) is 6. The van der Waals surface area contributed by atoms with Gasteiger partial charge in [-0.25, -0.2) is 17.2 Å². The van der Waals surface area contributed by atoms with Gasteiger partial charge in [-0.3, -0.25) is 9.89 Å². The summed E-state index contributed by atoms with van der Waals surface area (Å²) < 4.78 is 55.5. The van der Waals surface area contributed by atoms with Crippen LogP contribution in [0.4, 0.5) is 14.5 Å². The Bertz CT molecular complexity index is 1440. The van der Waals surface area contributed by atoms with E-state index in [0.717, 1.165) is 44.0 Å². The lowest BCUT2D eigenvalue weighted by molar-refractivity contribution is 0.0991. The van der Waals surface area contributed by atoms with Crippen LogP contribution in [0.5, 0.6) is 0 Å². The highest BCUT2D eigenvalue weighted by atomic mass is 32.2. The fraction of sp³-hybridized carbons (Fsp3) is 0.407. The van der Waals surface area contributed by atoms with Crippen LogP contribution in [0.25, 0.3) is 0 Å². The SMILES string of the molecule is CN1CCN(c2ccc(C(=O)Cc3[nH]nc4c3CN(S(=O)(=O)c3cc(F)cc(F)c3)CC4(C)C)cc2)CC1. The molecule has 0 spiro atoms. The monoisotopic (exact) mass is 543 g/mol.